The van der Waals surface area contributed by atoms with E-state index in [2.05, 4.69) is 9.71 Å². The van der Waals surface area contributed by atoms with Gasteiger partial charge in [-0.3, -0.25) is 4.99 Å². The molecule has 0 amide bonds. The third-order valence-electron chi connectivity index (χ3n) is 4.61. The van der Waals surface area contributed by atoms with E-state index in [0.717, 1.165) is 17.3 Å². The van der Waals surface area contributed by atoms with Crippen LogP contribution in [0.25, 0.3) is 10.8 Å². The van der Waals surface area contributed by atoms with Gasteiger partial charge < -0.3 is 15.1 Å². The minimum Gasteiger partial charge on any atom is -0.507 e. The Kier molecular flexibility index (Phi) is 6.71. The van der Waals surface area contributed by atoms with Crippen molar-refractivity contribution < 1.29 is 18.6 Å². The van der Waals surface area contributed by atoms with Crippen molar-refractivity contribution in [1.82, 2.24) is 9.62 Å². The van der Waals surface area contributed by atoms with Crippen LogP contribution in [0, 0.1) is 0 Å². The Balaban J connectivity index is 1.87. The molecule has 3 rings (SSSR count). The zero-order valence-corrected chi connectivity index (χ0v) is 17.7. The van der Waals surface area contributed by atoms with Crippen molar-refractivity contribution in [1.29, 1.82) is 0 Å². The Morgan fingerprint density at radius 2 is 1.77 bits per heavy atom. The molecule has 0 fully saturated rings. The zero-order valence-electron chi connectivity index (χ0n) is 16.9. The molecule has 0 bridgehead atoms. The van der Waals surface area contributed by atoms with Crippen molar-refractivity contribution in [2.75, 3.05) is 27.2 Å². The van der Waals surface area contributed by atoms with Crippen molar-refractivity contribution in [3.63, 3.8) is 0 Å². The van der Waals surface area contributed by atoms with Gasteiger partial charge in [-0.2, -0.15) is 0 Å². The smallest absolute Gasteiger partial charge is 0.240 e. The molecule has 0 saturated heterocycles. The maximum absolute atomic E-state index is 12.5. The molecule has 0 heterocycles. The normalized spacial score (nSPS) is 12.2. The van der Waals surface area contributed by atoms with Crippen molar-refractivity contribution in [3.8, 4) is 11.5 Å². The lowest BCUT2D eigenvalue weighted by atomic mass is 10.0. The molecular weight excluding hydrogens is 402 g/mol. The lowest BCUT2D eigenvalue weighted by Gasteiger charge is -2.11. The number of hydrogen-bond donors (Lipinski definition) is 3. The van der Waals surface area contributed by atoms with Crippen molar-refractivity contribution >= 4 is 32.7 Å². The van der Waals surface area contributed by atoms with E-state index in [1.165, 1.54) is 24.4 Å². The fourth-order valence-corrected chi connectivity index (χ4v) is 4.11. The van der Waals surface area contributed by atoms with Crippen LogP contribution in [-0.2, 0) is 10.0 Å². The second-order valence-corrected chi connectivity index (χ2v) is 8.95. The largest absolute Gasteiger partial charge is 0.507 e. The van der Waals surface area contributed by atoms with Crippen LogP contribution in [-0.4, -0.2) is 56.9 Å². The van der Waals surface area contributed by atoms with Crippen LogP contribution in [0.4, 0.5) is 5.69 Å². The molecule has 3 N–H and O–H groups in total. The average molecular weight is 428 g/mol. The minimum atomic E-state index is -3.73. The van der Waals surface area contributed by atoms with Crippen LogP contribution < -0.4 is 4.72 Å². The van der Waals surface area contributed by atoms with E-state index < -0.39 is 10.0 Å². The molecule has 0 aliphatic heterocycles. The van der Waals surface area contributed by atoms with Gasteiger partial charge in [0.15, 0.2) is 0 Å². The van der Waals surface area contributed by atoms with Gasteiger partial charge in [-0.15, -0.1) is 0 Å². The Morgan fingerprint density at radius 1 is 1.03 bits per heavy atom. The number of hydrogen-bond acceptors (Lipinski definition) is 6. The minimum absolute atomic E-state index is 0.0134. The van der Waals surface area contributed by atoms with Gasteiger partial charge in [-0.25, -0.2) is 13.1 Å². The summed E-state index contributed by atoms with van der Waals surface area (Å²) >= 11 is 0. The zero-order chi connectivity index (χ0) is 21.7. The van der Waals surface area contributed by atoms with Crippen LogP contribution >= 0.6 is 0 Å². The number of phenols is 2. The van der Waals surface area contributed by atoms with Gasteiger partial charge in [0, 0.05) is 18.3 Å². The number of nitrogens with one attached hydrogen (secondary N) is 1. The highest BCUT2D eigenvalue weighted by Gasteiger charge is 2.15. The van der Waals surface area contributed by atoms with Crippen LogP contribution in [0.2, 0.25) is 0 Å². The lowest BCUT2D eigenvalue weighted by molar-refractivity contribution is 0.400. The van der Waals surface area contributed by atoms with Gasteiger partial charge in [0.1, 0.15) is 17.2 Å². The van der Waals surface area contributed by atoms with E-state index in [1.54, 1.807) is 12.1 Å². The van der Waals surface area contributed by atoms with E-state index in [-0.39, 0.29) is 22.1 Å². The highest BCUT2D eigenvalue weighted by molar-refractivity contribution is 7.89. The second-order valence-electron chi connectivity index (χ2n) is 7.18. The maximum atomic E-state index is 12.5. The number of benzene rings is 3. The molecule has 30 heavy (non-hydrogen) atoms. The summed E-state index contributed by atoms with van der Waals surface area (Å²) in [6.07, 6.45) is 2.10. The molecule has 7 nitrogen and oxygen atoms in total. The summed E-state index contributed by atoms with van der Waals surface area (Å²) in [7, 11) is 0.120. The molecule has 0 aliphatic carbocycles. The van der Waals surface area contributed by atoms with E-state index >= 15 is 0 Å². The molecule has 0 spiro atoms. The summed E-state index contributed by atoms with van der Waals surface area (Å²) in [5.74, 6) is -0.110. The monoisotopic (exact) mass is 427 g/mol. The van der Waals surface area contributed by atoms with Gasteiger partial charge in [0.2, 0.25) is 10.0 Å². The Morgan fingerprint density at radius 3 is 2.53 bits per heavy atom. The summed E-state index contributed by atoms with van der Waals surface area (Å²) in [5.41, 5.74) is 0.584. The first kappa shape index (κ1) is 21.8. The Hall–Kier alpha value is -2.94. The molecule has 0 atom stereocenters. The summed E-state index contributed by atoms with van der Waals surface area (Å²) < 4.78 is 27.6. The van der Waals surface area contributed by atoms with Crippen molar-refractivity contribution in [2.45, 2.75) is 11.3 Å². The third-order valence-corrected chi connectivity index (χ3v) is 6.07. The first-order chi connectivity index (χ1) is 14.3. The molecule has 0 aliphatic rings. The lowest BCUT2D eigenvalue weighted by Crippen LogP contribution is -2.27. The first-order valence-electron chi connectivity index (χ1n) is 9.50. The van der Waals surface area contributed by atoms with Crippen LogP contribution in [0.5, 0.6) is 11.5 Å². The van der Waals surface area contributed by atoms with Crippen LogP contribution in [0.1, 0.15) is 12.0 Å². The average Bonchev–Trinajstić information content (AvgIpc) is 2.71. The summed E-state index contributed by atoms with van der Waals surface area (Å²) in [4.78, 5) is 6.24. The number of nitrogens with zero attached hydrogens (tertiary/aromatic N) is 2. The van der Waals surface area contributed by atoms with Gasteiger partial charge in [-0.05, 0) is 62.1 Å². The van der Waals surface area contributed by atoms with Crippen molar-refractivity contribution in [2.24, 2.45) is 4.99 Å². The van der Waals surface area contributed by atoms with Gasteiger partial charge in [-0.1, -0.05) is 30.3 Å². The quantitative estimate of drug-likeness (QED) is 0.378. The Bertz CT molecular complexity index is 1170. The molecule has 0 aromatic heterocycles. The summed E-state index contributed by atoms with van der Waals surface area (Å²) in [6.45, 7) is 1.08. The SMILES string of the molecule is CN(C)CCCNS(=O)(=O)c1ccc(O)c(N=Cc2c(O)ccc3ccccc23)c1. The molecule has 0 saturated carbocycles. The van der Waals surface area contributed by atoms with E-state index in [1.807, 2.05) is 43.3 Å². The maximum Gasteiger partial charge on any atom is 0.240 e. The van der Waals surface area contributed by atoms with Gasteiger partial charge in [0.25, 0.3) is 0 Å². The Labute approximate surface area is 176 Å². The summed E-state index contributed by atoms with van der Waals surface area (Å²) in [6, 6.07) is 14.8. The highest BCUT2D eigenvalue weighted by atomic mass is 32.2. The molecule has 158 valence electrons. The second kappa shape index (κ2) is 9.25. The van der Waals surface area contributed by atoms with Gasteiger partial charge in [0.05, 0.1) is 4.90 Å². The predicted octanol–water partition coefficient (Wildman–Crippen LogP) is 3.23. The number of fused-ring (bicyclic) bond motifs is 1. The van der Waals surface area contributed by atoms with Crippen LogP contribution in [0.3, 0.4) is 0 Å². The molecule has 3 aromatic rings. The first-order valence-corrected chi connectivity index (χ1v) is 11.0. The summed E-state index contributed by atoms with van der Waals surface area (Å²) in [5, 5.41) is 22.1. The molecule has 3 aromatic carbocycles. The van der Waals surface area contributed by atoms with E-state index in [0.29, 0.717) is 18.5 Å². The number of rotatable bonds is 8. The number of aromatic hydroxyl groups is 2. The molecule has 0 unspecified atom stereocenters. The van der Waals surface area contributed by atoms with Crippen molar-refractivity contribution in [3.05, 3.63) is 60.2 Å². The fourth-order valence-electron chi connectivity index (χ4n) is 3.01. The van der Waals surface area contributed by atoms with E-state index in [4.69, 9.17) is 0 Å². The fraction of sp³-hybridized carbons (Fsp3) is 0.227. The van der Waals surface area contributed by atoms with Crippen LogP contribution in [0.15, 0.2) is 64.5 Å². The standard InChI is InChI=1S/C22H25N3O4S/c1-25(2)13-5-12-24-30(28,29)17-9-11-22(27)20(14-17)23-15-19-18-7-4-3-6-16(18)8-10-21(19)26/h3-4,6-11,14-15,24,26-27H,5,12-13H2,1-2H3. The highest BCUT2D eigenvalue weighted by Crippen LogP contribution is 2.31. The number of aliphatic imine (C=N–C) groups is 1. The number of phenolic OH excluding ortho intramolecular Hbond substituents is 2. The number of sulfonamides is 1. The molecular formula is C22H25N3O4S. The van der Waals surface area contributed by atoms with Gasteiger partial charge >= 0.3 is 0 Å². The molecule has 8 heteroatoms. The third kappa shape index (κ3) is 5.15. The predicted molar refractivity (Wildman–Crippen MR) is 119 cm³/mol. The van der Waals surface area contributed by atoms with E-state index in [9.17, 15) is 18.6 Å². The topological polar surface area (TPSA) is 102 Å². The molecule has 0 radical (unpaired) electrons.